The summed E-state index contributed by atoms with van der Waals surface area (Å²) < 4.78 is 30.3. The van der Waals surface area contributed by atoms with Crippen molar-refractivity contribution in [2.45, 2.75) is 55.4 Å². The van der Waals surface area contributed by atoms with Crippen LogP contribution >= 0.6 is 23.2 Å². The minimum atomic E-state index is -3.38. The second-order valence-corrected chi connectivity index (χ2v) is 12.5. The first-order valence-electron chi connectivity index (χ1n) is 12.5. The number of amides is 1. The van der Waals surface area contributed by atoms with Crippen molar-refractivity contribution in [2.24, 2.45) is 0 Å². The fraction of sp³-hybridized carbons (Fsp3) is 0.310. The van der Waals surface area contributed by atoms with Gasteiger partial charge in [0, 0.05) is 22.7 Å². The molecule has 1 aliphatic rings. The third-order valence-corrected chi connectivity index (χ3v) is 8.43. The molecule has 0 spiro atoms. The quantitative estimate of drug-likeness (QED) is 0.333. The maximum atomic E-state index is 14.1. The summed E-state index contributed by atoms with van der Waals surface area (Å²) in [5.41, 5.74) is 2.10. The number of morpholine rings is 1. The van der Waals surface area contributed by atoms with Gasteiger partial charge >= 0.3 is 5.97 Å². The Hall–Kier alpha value is -2.91. The monoisotopic (exact) mass is 589 g/mol. The number of aliphatic carboxylic acids is 1. The molecule has 0 unspecified atom stereocenters. The van der Waals surface area contributed by atoms with Crippen molar-refractivity contribution in [3.8, 4) is 0 Å². The molecule has 0 bridgehead atoms. The third kappa shape index (κ3) is 6.64. The van der Waals surface area contributed by atoms with Crippen LogP contribution in [-0.4, -0.2) is 48.7 Å². The van der Waals surface area contributed by atoms with Crippen molar-refractivity contribution < 1.29 is 27.9 Å². The number of nitrogens with zero attached hydrogens (tertiary/aromatic N) is 1. The van der Waals surface area contributed by atoms with Crippen LogP contribution in [0.3, 0.4) is 0 Å². The fourth-order valence-electron chi connectivity index (χ4n) is 4.89. The number of carboxylic acids is 1. The fourth-order valence-corrected chi connectivity index (χ4v) is 5.77. The maximum absolute atomic E-state index is 14.1. The van der Waals surface area contributed by atoms with Gasteiger partial charge in [-0.05, 0) is 59.5 Å². The summed E-state index contributed by atoms with van der Waals surface area (Å²) in [5, 5.41) is 11.3. The van der Waals surface area contributed by atoms with Gasteiger partial charge in [0.15, 0.2) is 9.84 Å². The molecule has 1 saturated heterocycles. The number of carbonyl (C=O) groups excluding carboxylic acids is 1. The normalized spacial score (nSPS) is 20.6. The Bertz CT molecular complexity index is 1430. The zero-order chi connectivity index (χ0) is 28.3. The van der Waals surface area contributed by atoms with Crippen molar-refractivity contribution in [3.05, 3.63) is 99.5 Å². The summed E-state index contributed by atoms with van der Waals surface area (Å²) in [7, 11) is -3.38. The van der Waals surface area contributed by atoms with Crippen LogP contribution in [0.5, 0.6) is 0 Å². The van der Waals surface area contributed by atoms with Crippen molar-refractivity contribution in [3.63, 3.8) is 0 Å². The zero-order valence-electron chi connectivity index (χ0n) is 21.5. The Balaban J connectivity index is 1.82. The Morgan fingerprint density at radius 2 is 1.49 bits per heavy atom. The van der Waals surface area contributed by atoms with E-state index in [0.29, 0.717) is 27.6 Å². The van der Waals surface area contributed by atoms with E-state index in [1.165, 1.54) is 17.0 Å². The number of halogens is 2. The molecule has 10 heteroatoms. The molecule has 3 aromatic carbocycles. The predicted octanol–water partition coefficient (Wildman–Crippen LogP) is 5.90. The molecule has 0 aromatic heterocycles. The topological polar surface area (TPSA) is 101 Å². The van der Waals surface area contributed by atoms with E-state index in [9.17, 15) is 23.1 Å². The van der Waals surface area contributed by atoms with Gasteiger partial charge in [0.2, 0.25) is 0 Å². The van der Waals surface area contributed by atoms with Gasteiger partial charge in [0.1, 0.15) is 18.2 Å². The van der Waals surface area contributed by atoms with E-state index in [4.69, 9.17) is 27.9 Å². The molecule has 7 nitrogen and oxygen atoms in total. The molecule has 206 valence electrons. The van der Waals surface area contributed by atoms with Crippen LogP contribution in [-0.2, 0) is 30.6 Å². The van der Waals surface area contributed by atoms with Crippen LogP contribution in [0.2, 0.25) is 10.0 Å². The number of hydrogen-bond donors (Lipinski definition) is 1. The first-order chi connectivity index (χ1) is 18.5. The lowest BCUT2D eigenvalue weighted by Gasteiger charge is -2.47. The lowest BCUT2D eigenvalue weighted by Crippen LogP contribution is -2.57. The molecule has 1 amide bonds. The number of sulfone groups is 1. The minimum absolute atomic E-state index is 0.134. The summed E-state index contributed by atoms with van der Waals surface area (Å²) >= 11 is 12.3. The molecule has 0 aliphatic carbocycles. The number of benzene rings is 3. The van der Waals surface area contributed by atoms with Gasteiger partial charge in [-0.15, -0.1) is 0 Å². The smallest absolute Gasteiger partial charge is 0.326 e. The zero-order valence-corrected chi connectivity index (χ0v) is 23.8. The maximum Gasteiger partial charge on any atom is 0.326 e. The molecule has 3 aromatic rings. The van der Waals surface area contributed by atoms with Gasteiger partial charge in [-0.3, -0.25) is 4.79 Å². The number of carboxylic acid groups (broad SMARTS) is 1. The molecule has 1 N–H and O–H groups in total. The van der Waals surface area contributed by atoms with Crippen LogP contribution in [0.4, 0.5) is 0 Å². The van der Waals surface area contributed by atoms with Crippen LogP contribution in [0.25, 0.3) is 0 Å². The van der Waals surface area contributed by atoms with E-state index in [0.717, 1.165) is 11.8 Å². The van der Waals surface area contributed by atoms with Crippen molar-refractivity contribution in [1.29, 1.82) is 0 Å². The van der Waals surface area contributed by atoms with E-state index in [1.807, 2.05) is 6.92 Å². The average molecular weight is 591 g/mol. The molecule has 1 fully saturated rings. The number of ether oxygens (including phenoxy) is 1. The molecular formula is C29H29Cl2NO6S. The Morgan fingerprint density at radius 3 is 1.97 bits per heavy atom. The summed E-state index contributed by atoms with van der Waals surface area (Å²) in [6.45, 7) is 1.87. The highest BCUT2D eigenvalue weighted by Gasteiger charge is 2.48. The van der Waals surface area contributed by atoms with Gasteiger partial charge in [0.05, 0.1) is 10.9 Å². The largest absolute Gasteiger partial charge is 0.480 e. The Kier molecular flexibility index (Phi) is 9.01. The minimum Gasteiger partial charge on any atom is -0.480 e. The molecule has 0 saturated carbocycles. The van der Waals surface area contributed by atoms with Crippen LogP contribution in [0.1, 0.15) is 48.6 Å². The lowest BCUT2D eigenvalue weighted by molar-refractivity contribution is -0.184. The Morgan fingerprint density at radius 1 is 0.949 bits per heavy atom. The van der Waals surface area contributed by atoms with Crippen molar-refractivity contribution in [1.82, 2.24) is 4.90 Å². The summed E-state index contributed by atoms with van der Waals surface area (Å²) in [4.78, 5) is 28.2. The second kappa shape index (κ2) is 12.1. The highest BCUT2D eigenvalue weighted by atomic mass is 35.5. The second-order valence-electron chi connectivity index (χ2n) is 9.60. The van der Waals surface area contributed by atoms with Crippen LogP contribution in [0.15, 0.2) is 77.7 Å². The van der Waals surface area contributed by atoms with Gasteiger partial charge in [0.25, 0.3) is 5.91 Å². The third-order valence-electron chi connectivity index (χ3n) is 6.79. The SMILES string of the molecule is CCC[C@H](C(=O)O)N1C(=O)[C@H](Cc2ccc(S(C)(=O)=O)cc2)O[C@@H](c2ccc(Cl)cc2)[C@H]1c1ccc(Cl)cc1. The molecule has 39 heavy (non-hydrogen) atoms. The van der Waals surface area contributed by atoms with Gasteiger partial charge < -0.3 is 14.7 Å². The first-order valence-corrected chi connectivity index (χ1v) is 15.1. The number of carbonyl (C=O) groups is 2. The van der Waals surface area contributed by atoms with Crippen LogP contribution in [0, 0.1) is 0 Å². The highest BCUT2D eigenvalue weighted by Crippen LogP contribution is 2.44. The van der Waals surface area contributed by atoms with E-state index < -0.39 is 46.0 Å². The van der Waals surface area contributed by atoms with Gasteiger partial charge in [-0.2, -0.15) is 0 Å². The van der Waals surface area contributed by atoms with Crippen LogP contribution < -0.4 is 0 Å². The van der Waals surface area contributed by atoms with Gasteiger partial charge in [-0.1, -0.05) is 72.9 Å². The highest BCUT2D eigenvalue weighted by molar-refractivity contribution is 7.90. The lowest BCUT2D eigenvalue weighted by atomic mass is 9.88. The standard InChI is InChI=1S/C29H29Cl2NO6S/c1-3-4-24(29(34)35)32-26(19-7-11-21(30)12-8-19)27(20-9-13-22(31)14-10-20)38-25(28(32)33)17-18-5-15-23(16-6-18)39(2,36)37/h5-16,24-27H,3-4,17H2,1-2H3,(H,34,35)/t24-,25+,26-,27+/m1/s1. The van der Waals surface area contributed by atoms with E-state index in [-0.39, 0.29) is 17.7 Å². The summed E-state index contributed by atoms with van der Waals surface area (Å²) in [5.74, 6) is -1.55. The van der Waals surface area contributed by atoms with Crippen molar-refractivity contribution >= 4 is 44.9 Å². The molecule has 1 aliphatic heterocycles. The molecule has 4 rings (SSSR count). The molecule has 4 atom stereocenters. The number of hydrogen-bond acceptors (Lipinski definition) is 5. The first kappa shape index (κ1) is 29.1. The summed E-state index contributed by atoms with van der Waals surface area (Å²) in [6, 6.07) is 18.4. The number of rotatable bonds is 9. The predicted molar refractivity (Wildman–Crippen MR) is 150 cm³/mol. The van der Waals surface area contributed by atoms with Gasteiger partial charge in [-0.25, -0.2) is 13.2 Å². The molecule has 1 heterocycles. The average Bonchev–Trinajstić information content (AvgIpc) is 2.89. The molecule has 0 radical (unpaired) electrons. The van der Waals surface area contributed by atoms with E-state index in [1.54, 1.807) is 60.7 Å². The van der Waals surface area contributed by atoms with Crippen molar-refractivity contribution in [2.75, 3.05) is 6.26 Å². The summed E-state index contributed by atoms with van der Waals surface area (Å²) in [6.07, 6.45) is 0.361. The Labute approximate surface area is 238 Å². The van der Waals surface area contributed by atoms with E-state index >= 15 is 0 Å². The van der Waals surface area contributed by atoms with E-state index in [2.05, 4.69) is 0 Å². The molecular weight excluding hydrogens is 561 g/mol.